The first-order chi connectivity index (χ1) is 9.00. The first kappa shape index (κ1) is 16.2. The number of aromatic nitrogens is 3. The standard InChI is InChI=1S/C15H30N4/c1-5-6-7-8-9-10-11-13-17-18-14(12-16)19(13)15(2,3)4/h5-12,16H2,1-4H3. The summed E-state index contributed by atoms with van der Waals surface area (Å²) >= 11 is 0. The highest BCUT2D eigenvalue weighted by Crippen LogP contribution is 2.20. The molecule has 0 aliphatic heterocycles. The number of hydrogen-bond donors (Lipinski definition) is 1. The molecule has 0 amide bonds. The molecule has 0 atom stereocenters. The largest absolute Gasteiger partial charge is 0.324 e. The molecule has 0 spiro atoms. The third-order valence-electron chi connectivity index (χ3n) is 3.40. The summed E-state index contributed by atoms with van der Waals surface area (Å²) in [6, 6.07) is 0. The predicted octanol–water partition coefficient (Wildman–Crippen LogP) is 3.39. The summed E-state index contributed by atoms with van der Waals surface area (Å²) in [5.41, 5.74) is 5.76. The van der Waals surface area contributed by atoms with Crippen molar-refractivity contribution < 1.29 is 0 Å². The molecule has 0 aliphatic rings. The fourth-order valence-corrected chi connectivity index (χ4v) is 2.49. The molecule has 0 saturated heterocycles. The van der Waals surface area contributed by atoms with Crippen LogP contribution in [0.15, 0.2) is 0 Å². The fourth-order valence-electron chi connectivity index (χ4n) is 2.49. The van der Waals surface area contributed by atoms with E-state index in [-0.39, 0.29) is 5.54 Å². The molecule has 1 rings (SSSR count). The van der Waals surface area contributed by atoms with Crippen LogP contribution in [0.2, 0.25) is 0 Å². The number of unbranched alkanes of at least 4 members (excludes halogenated alkanes) is 5. The number of nitrogens with two attached hydrogens (primary N) is 1. The van der Waals surface area contributed by atoms with Gasteiger partial charge in [-0.2, -0.15) is 0 Å². The van der Waals surface area contributed by atoms with Gasteiger partial charge in [0.2, 0.25) is 0 Å². The highest BCUT2D eigenvalue weighted by Gasteiger charge is 2.21. The van der Waals surface area contributed by atoms with Gasteiger partial charge in [0.25, 0.3) is 0 Å². The third kappa shape index (κ3) is 4.94. The molecule has 0 radical (unpaired) electrons. The lowest BCUT2D eigenvalue weighted by Gasteiger charge is -2.24. The summed E-state index contributed by atoms with van der Waals surface area (Å²) in [4.78, 5) is 0. The number of hydrogen-bond acceptors (Lipinski definition) is 3. The molecule has 19 heavy (non-hydrogen) atoms. The minimum atomic E-state index is 0.00967. The van der Waals surface area contributed by atoms with Gasteiger partial charge < -0.3 is 10.3 Å². The lowest BCUT2D eigenvalue weighted by Crippen LogP contribution is -2.27. The topological polar surface area (TPSA) is 56.7 Å². The van der Waals surface area contributed by atoms with Gasteiger partial charge in [-0.3, -0.25) is 0 Å². The van der Waals surface area contributed by atoms with Crippen LogP contribution < -0.4 is 5.73 Å². The van der Waals surface area contributed by atoms with Crippen LogP contribution in [0.25, 0.3) is 0 Å². The summed E-state index contributed by atoms with van der Waals surface area (Å²) < 4.78 is 2.21. The molecule has 0 bridgehead atoms. The second-order valence-corrected chi connectivity index (χ2v) is 6.26. The molecule has 0 aromatic carbocycles. The van der Waals surface area contributed by atoms with Crippen molar-refractivity contribution in [1.82, 2.24) is 14.8 Å². The van der Waals surface area contributed by atoms with Gasteiger partial charge in [0, 0.05) is 12.0 Å². The van der Waals surface area contributed by atoms with Crippen molar-refractivity contribution in [3.05, 3.63) is 11.6 Å². The van der Waals surface area contributed by atoms with E-state index in [4.69, 9.17) is 5.73 Å². The Morgan fingerprint density at radius 1 is 0.947 bits per heavy atom. The van der Waals surface area contributed by atoms with Crippen LogP contribution in [0.3, 0.4) is 0 Å². The minimum Gasteiger partial charge on any atom is -0.324 e. The Morgan fingerprint density at radius 3 is 2.11 bits per heavy atom. The van der Waals surface area contributed by atoms with Crippen molar-refractivity contribution in [3.63, 3.8) is 0 Å². The van der Waals surface area contributed by atoms with E-state index in [0.29, 0.717) is 6.54 Å². The van der Waals surface area contributed by atoms with Crippen LogP contribution in [0.4, 0.5) is 0 Å². The van der Waals surface area contributed by atoms with Crippen molar-refractivity contribution in [2.45, 2.75) is 84.7 Å². The van der Waals surface area contributed by atoms with Gasteiger partial charge in [0.05, 0.1) is 6.54 Å². The molecule has 1 aromatic heterocycles. The Hall–Kier alpha value is -0.900. The van der Waals surface area contributed by atoms with Crippen LogP contribution in [0, 0.1) is 0 Å². The zero-order valence-corrected chi connectivity index (χ0v) is 13.1. The van der Waals surface area contributed by atoms with Crippen molar-refractivity contribution in [2.24, 2.45) is 5.73 Å². The lowest BCUT2D eigenvalue weighted by molar-refractivity contribution is 0.367. The van der Waals surface area contributed by atoms with Crippen LogP contribution in [0.5, 0.6) is 0 Å². The summed E-state index contributed by atoms with van der Waals surface area (Å²) in [7, 11) is 0. The van der Waals surface area contributed by atoms with E-state index in [1.165, 1.54) is 38.5 Å². The van der Waals surface area contributed by atoms with Crippen molar-refractivity contribution in [1.29, 1.82) is 0 Å². The van der Waals surface area contributed by atoms with Gasteiger partial charge in [-0.1, -0.05) is 39.0 Å². The average Bonchev–Trinajstić information content (AvgIpc) is 2.76. The number of aryl methyl sites for hydroxylation is 1. The van der Waals surface area contributed by atoms with Crippen molar-refractivity contribution in [2.75, 3.05) is 0 Å². The Balaban J connectivity index is 2.52. The van der Waals surface area contributed by atoms with Gasteiger partial charge in [-0.05, 0) is 27.2 Å². The zero-order valence-electron chi connectivity index (χ0n) is 13.1. The van der Waals surface area contributed by atoms with E-state index in [9.17, 15) is 0 Å². The zero-order chi connectivity index (χ0) is 14.3. The van der Waals surface area contributed by atoms with Crippen LogP contribution in [0.1, 0.15) is 77.9 Å². The molecular formula is C15H30N4. The fraction of sp³-hybridized carbons (Fsp3) is 0.867. The monoisotopic (exact) mass is 266 g/mol. The van der Waals surface area contributed by atoms with E-state index in [1.54, 1.807) is 0 Å². The maximum Gasteiger partial charge on any atom is 0.147 e. The summed E-state index contributed by atoms with van der Waals surface area (Å²) in [6.45, 7) is 9.25. The molecule has 1 aromatic rings. The molecule has 1 heterocycles. The Bertz CT molecular complexity index is 363. The van der Waals surface area contributed by atoms with Gasteiger partial charge in [0.15, 0.2) is 0 Å². The maximum atomic E-state index is 5.75. The van der Waals surface area contributed by atoms with E-state index in [2.05, 4.69) is 42.5 Å². The van der Waals surface area contributed by atoms with Crippen LogP contribution in [-0.4, -0.2) is 14.8 Å². The lowest BCUT2D eigenvalue weighted by atomic mass is 10.1. The Kier molecular flexibility index (Phi) is 6.49. The minimum absolute atomic E-state index is 0.00967. The van der Waals surface area contributed by atoms with Gasteiger partial charge in [-0.25, -0.2) is 0 Å². The average molecular weight is 266 g/mol. The first-order valence-corrected chi connectivity index (χ1v) is 7.64. The van der Waals surface area contributed by atoms with E-state index < -0.39 is 0 Å². The predicted molar refractivity (Wildman–Crippen MR) is 80.0 cm³/mol. The van der Waals surface area contributed by atoms with Gasteiger partial charge in [-0.15, -0.1) is 10.2 Å². The smallest absolute Gasteiger partial charge is 0.147 e. The maximum absolute atomic E-state index is 5.75. The van der Waals surface area contributed by atoms with Gasteiger partial charge in [0.1, 0.15) is 11.6 Å². The molecule has 2 N–H and O–H groups in total. The molecule has 0 fully saturated rings. The highest BCUT2D eigenvalue weighted by atomic mass is 15.3. The third-order valence-corrected chi connectivity index (χ3v) is 3.40. The molecule has 0 aliphatic carbocycles. The molecule has 0 saturated carbocycles. The van der Waals surface area contributed by atoms with E-state index >= 15 is 0 Å². The normalized spacial score (nSPS) is 12.1. The molecule has 110 valence electrons. The number of rotatable bonds is 8. The summed E-state index contributed by atoms with van der Waals surface area (Å²) in [6.07, 6.45) is 8.85. The quantitative estimate of drug-likeness (QED) is 0.734. The molecule has 0 unspecified atom stereocenters. The Morgan fingerprint density at radius 2 is 1.53 bits per heavy atom. The molecule has 4 nitrogen and oxygen atoms in total. The summed E-state index contributed by atoms with van der Waals surface area (Å²) in [5.74, 6) is 1.98. The van der Waals surface area contributed by atoms with Crippen LogP contribution >= 0.6 is 0 Å². The summed E-state index contributed by atoms with van der Waals surface area (Å²) in [5, 5.41) is 8.54. The van der Waals surface area contributed by atoms with Gasteiger partial charge >= 0.3 is 0 Å². The second kappa shape index (κ2) is 7.63. The number of nitrogens with zero attached hydrogens (tertiary/aromatic N) is 3. The SMILES string of the molecule is CCCCCCCCc1nnc(CN)n1C(C)(C)C. The molecule has 4 heteroatoms. The second-order valence-electron chi connectivity index (χ2n) is 6.26. The molecular weight excluding hydrogens is 236 g/mol. The van der Waals surface area contributed by atoms with Crippen molar-refractivity contribution >= 4 is 0 Å². The van der Waals surface area contributed by atoms with E-state index in [0.717, 1.165) is 18.1 Å². The van der Waals surface area contributed by atoms with Crippen LogP contribution in [-0.2, 0) is 18.5 Å². The van der Waals surface area contributed by atoms with E-state index in [1.807, 2.05) is 0 Å². The highest BCUT2D eigenvalue weighted by molar-refractivity contribution is 5.01. The Labute approximate surface area is 117 Å². The van der Waals surface area contributed by atoms with Crippen molar-refractivity contribution in [3.8, 4) is 0 Å². The first-order valence-electron chi connectivity index (χ1n) is 7.64.